The van der Waals surface area contributed by atoms with E-state index in [1.807, 2.05) is 30.5 Å². The molecule has 1 N–H and O–H groups in total. The van der Waals surface area contributed by atoms with Gasteiger partial charge in [0.1, 0.15) is 11.9 Å². The molecule has 0 amide bonds. The smallest absolute Gasteiger partial charge is 0.145 e. The Bertz CT molecular complexity index is 558. The maximum Gasteiger partial charge on any atom is 0.145 e. The monoisotopic (exact) mass is 260 g/mol. The summed E-state index contributed by atoms with van der Waals surface area (Å²) in [6.45, 7) is 2.46. The Kier molecular flexibility index (Phi) is 4.08. The molecule has 2 rings (SSSR count). The van der Waals surface area contributed by atoms with Crippen molar-refractivity contribution in [2.75, 3.05) is 0 Å². The van der Waals surface area contributed by atoms with E-state index in [1.54, 1.807) is 23.5 Å². The van der Waals surface area contributed by atoms with Crippen LogP contribution in [0.25, 0.3) is 0 Å². The Morgan fingerprint density at radius 3 is 2.89 bits per heavy atom. The second-order valence-corrected chi connectivity index (χ2v) is 4.99. The van der Waals surface area contributed by atoms with Gasteiger partial charge in [-0.25, -0.2) is 4.39 Å². The number of halogens is 1. The predicted octanol–water partition coefficient (Wildman–Crippen LogP) is 3.61. The van der Waals surface area contributed by atoms with Crippen LogP contribution in [-0.2, 0) is 6.54 Å². The third kappa shape index (κ3) is 2.76. The minimum absolute atomic E-state index is 0.0954. The number of thiophene rings is 1. The summed E-state index contributed by atoms with van der Waals surface area (Å²) < 4.78 is 13.8. The zero-order valence-electron chi connectivity index (χ0n) is 9.98. The summed E-state index contributed by atoms with van der Waals surface area (Å²) in [6, 6.07) is 11.0. The van der Waals surface area contributed by atoms with Gasteiger partial charge in [0.25, 0.3) is 0 Å². The van der Waals surface area contributed by atoms with Gasteiger partial charge in [-0.05, 0) is 24.4 Å². The first-order chi connectivity index (χ1) is 8.72. The minimum Gasteiger partial charge on any atom is -0.305 e. The van der Waals surface area contributed by atoms with Gasteiger partial charge < -0.3 is 5.32 Å². The molecular weight excluding hydrogens is 247 g/mol. The van der Waals surface area contributed by atoms with Crippen molar-refractivity contribution in [3.8, 4) is 6.07 Å². The molecule has 0 saturated carbocycles. The van der Waals surface area contributed by atoms with E-state index in [0.29, 0.717) is 12.1 Å². The Morgan fingerprint density at radius 2 is 2.22 bits per heavy atom. The number of hydrogen-bond acceptors (Lipinski definition) is 3. The maximum atomic E-state index is 13.8. The molecule has 92 valence electrons. The van der Waals surface area contributed by atoms with Crippen molar-refractivity contribution >= 4 is 11.3 Å². The van der Waals surface area contributed by atoms with Gasteiger partial charge in [0.15, 0.2) is 0 Å². The van der Waals surface area contributed by atoms with Gasteiger partial charge >= 0.3 is 0 Å². The van der Waals surface area contributed by atoms with Crippen LogP contribution >= 0.6 is 11.3 Å². The minimum atomic E-state index is -0.425. The zero-order chi connectivity index (χ0) is 13.0. The third-order valence-electron chi connectivity index (χ3n) is 2.77. The molecule has 0 aliphatic heterocycles. The maximum absolute atomic E-state index is 13.8. The summed E-state index contributed by atoms with van der Waals surface area (Å²) in [6.07, 6.45) is 0. The van der Waals surface area contributed by atoms with Crippen molar-refractivity contribution < 1.29 is 4.39 Å². The van der Waals surface area contributed by atoms with Gasteiger partial charge in [-0.1, -0.05) is 18.2 Å². The van der Waals surface area contributed by atoms with Gasteiger partial charge in [0, 0.05) is 23.0 Å². The SMILES string of the molecule is CC(NCc1cccc(C#N)c1F)c1cccs1. The molecule has 0 fully saturated rings. The summed E-state index contributed by atoms with van der Waals surface area (Å²) in [4.78, 5) is 1.21. The quantitative estimate of drug-likeness (QED) is 0.911. The van der Waals surface area contributed by atoms with Crippen molar-refractivity contribution in [1.82, 2.24) is 5.32 Å². The molecule has 1 heterocycles. The van der Waals surface area contributed by atoms with Gasteiger partial charge in [-0.2, -0.15) is 5.26 Å². The van der Waals surface area contributed by atoms with Crippen LogP contribution in [0, 0.1) is 17.1 Å². The first kappa shape index (κ1) is 12.7. The highest BCUT2D eigenvalue weighted by Crippen LogP contribution is 2.19. The van der Waals surface area contributed by atoms with Crippen LogP contribution in [0.4, 0.5) is 4.39 Å². The van der Waals surface area contributed by atoms with Gasteiger partial charge in [-0.3, -0.25) is 0 Å². The standard InChI is InChI=1S/C14H13FN2S/c1-10(13-6-3-7-18-13)17-9-12-5-2-4-11(8-16)14(12)15/h2-7,10,17H,9H2,1H3. The fraction of sp³-hybridized carbons (Fsp3) is 0.214. The first-order valence-corrected chi connectivity index (χ1v) is 6.54. The largest absolute Gasteiger partial charge is 0.305 e. The fourth-order valence-corrected chi connectivity index (χ4v) is 2.46. The number of nitriles is 1. The molecule has 0 bridgehead atoms. The topological polar surface area (TPSA) is 35.8 Å². The zero-order valence-corrected chi connectivity index (χ0v) is 10.8. The number of nitrogens with one attached hydrogen (secondary N) is 1. The Morgan fingerprint density at radius 1 is 1.39 bits per heavy atom. The number of rotatable bonds is 4. The lowest BCUT2D eigenvalue weighted by Gasteiger charge is -2.12. The molecule has 1 aromatic heterocycles. The molecule has 0 radical (unpaired) electrons. The summed E-state index contributed by atoms with van der Waals surface area (Å²) in [5.41, 5.74) is 0.621. The van der Waals surface area contributed by atoms with Crippen LogP contribution in [0.3, 0.4) is 0 Å². The van der Waals surface area contributed by atoms with Crippen molar-refractivity contribution in [2.24, 2.45) is 0 Å². The van der Waals surface area contributed by atoms with E-state index in [9.17, 15) is 4.39 Å². The highest BCUT2D eigenvalue weighted by atomic mass is 32.1. The number of nitrogens with zero attached hydrogens (tertiary/aromatic N) is 1. The molecule has 2 aromatic rings. The van der Waals surface area contributed by atoms with Gasteiger partial charge in [-0.15, -0.1) is 11.3 Å². The molecule has 0 aliphatic rings. The van der Waals surface area contributed by atoms with Crippen molar-refractivity contribution in [3.63, 3.8) is 0 Å². The molecule has 0 saturated heterocycles. The summed E-state index contributed by atoms with van der Waals surface area (Å²) in [5.74, 6) is -0.425. The Labute approximate surface area is 110 Å². The molecule has 1 aromatic carbocycles. The van der Waals surface area contributed by atoms with Crippen LogP contribution in [0.5, 0.6) is 0 Å². The lowest BCUT2D eigenvalue weighted by atomic mass is 10.1. The van der Waals surface area contributed by atoms with Gasteiger partial charge in [0.2, 0.25) is 0 Å². The molecule has 1 atom stereocenters. The number of benzene rings is 1. The summed E-state index contributed by atoms with van der Waals surface area (Å²) >= 11 is 1.67. The normalized spacial score (nSPS) is 12.1. The molecule has 18 heavy (non-hydrogen) atoms. The molecule has 0 aliphatic carbocycles. The lowest BCUT2D eigenvalue weighted by Crippen LogP contribution is -2.18. The predicted molar refractivity (Wildman–Crippen MR) is 70.7 cm³/mol. The highest BCUT2D eigenvalue weighted by Gasteiger charge is 2.10. The van der Waals surface area contributed by atoms with E-state index < -0.39 is 5.82 Å². The van der Waals surface area contributed by atoms with Crippen molar-refractivity contribution in [1.29, 1.82) is 5.26 Å². The Balaban J connectivity index is 2.05. The van der Waals surface area contributed by atoms with E-state index in [1.165, 1.54) is 10.9 Å². The van der Waals surface area contributed by atoms with E-state index in [0.717, 1.165) is 0 Å². The molecule has 1 unspecified atom stereocenters. The molecular formula is C14H13FN2S. The highest BCUT2D eigenvalue weighted by molar-refractivity contribution is 7.10. The van der Waals surface area contributed by atoms with Crippen LogP contribution < -0.4 is 5.32 Å². The second kappa shape index (κ2) is 5.76. The third-order valence-corrected chi connectivity index (χ3v) is 3.82. The molecule has 4 heteroatoms. The van der Waals surface area contributed by atoms with E-state index >= 15 is 0 Å². The average Bonchev–Trinajstić information content (AvgIpc) is 2.91. The Hall–Kier alpha value is -1.70. The van der Waals surface area contributed by atoms with Crippen LogP contribution in [-0.4, -0.2) is 0 Å². The number of hydrogen-bond donors (Lipinski definition) is 1. The van der Waals surface area contributed by atoms with E-state index in [2.05, 4.69) is 5.32 Å². The lowest BCUT2D eigenvalue weighted by molar-refractivity contribution is 0.547. The summed E-state index contributed by atoms with van der Waals surface area (Å²) in [5, 5.41) is 14.0. The summed E-state index contributed by atoms with van der Waals surface area (Å²) in [7, 11) is 0. The van der Waals surface area contributed by atoms with E-state index in [4.69, 9.17) is 5.26 Å². The van der Waals surface area contributed by atoms with Crippen LogP contribution in [0.15, 0.2) is 35.7 Å². The van der Waals surface area contributed by atoms with Gasteiger partial charge in [0.05, 0.1) is 5.56 Å². The second-order valence-electron chi connectivity index (χ2n) is 4.01. The van der Waals surface area contributed by atoms with Crippen molar-refractivity contribution in [2.45, 2.75) is 19.5 Å². The van der Waals surface area contributed by atoms with Crippen LogP contribution in [0.1, 0.15) is 29.0 Å². The average molecular weight is 260 g/mol. The molecule has 2 nitrogen and oxygen atoms in total. The van der Waals surface area contributed by atoms with Crippen molar-refractivity contribution in [3.05, 3.63) is 57.5 Å². The van der Waals surface area contributed by atoms with E-state index in [-0.39, 0.29) is 11.6 Å². The first-order valence-electron chi connectivity index (χ1n) is 5.66. The fourth-order valence-electron chi connectivity index (χ4n) is 1.70. The van der Waals surface area contributed by atoms with Crippen LogP contribution in [0.2, 0.25) is 0 Å². The molecule has 0 spiro atoms.